The van der Waals surface area contributed by atoms with Gasteiger partial charge in [0.25, 0.3) is 0 Å². The minimum atomic E-state index is -1.47. The highest BCUT2D eigenvalue weighted by atomic mass is 35.5. The van der Waals surface area contributed by atoms with Gasteiger partial charge >= 0.3 is 5.25 Å². The van der Waals surface area contributed by atoms with Crippen LogP contribution in [0.15, 0.2) is 0 Å². The zero-order valence-electron chi connectivity index (χ0n) is 4.09. The molecule has 0 N–H and O–H groups in total. The molecule has 0 amide bonds. The SMILES string of the molecule is O=CC1(Cl)OCCO1. The van der Waals surface area contributed by atoms with Crippen LogP contribution >= 0.6 is 11.6 Å². The minimum Gasteiger partial charge on any atom is -0.329 e. The predicted octanol–water partition coefficient (Wildman–Crippen LogP) is 0.125. The highest BCUT2D eigenvalue weighted by Gasteiger charge is 2.33. The van der Waals surface area contributed by atoms with Crippen LogP contribution in [0.1, 0.15) is 0 Å². The fraction of sp³-hybridized carbons (Fsp3) is 0.750. The summed E-state index contributed by atoms with van der Waals surface area (Å²) in [4.78, 5) is 9.95. The fourth-order valence-corrected chi connectivity index (χ4v) is 0.626. The number of carbonyl (C=O) groups is 1. The van der Waals surface area contributed by atoms with Crippen molar-refractivity contribution in [3.8, 4) is 0 Å². The van der Waals surface area contributed by atoms with E-state index in [2.05, 4.69) is 9.47 Å². The molecule has 1 aliphatic rings. The third-order valence-corrected chi connectivity index (χ3v) is 1.13. The third-order valence-electron chi connectivity index (χ3n) is 0.822. The molecule has 0 aromatic rings. The van der Waals surface area contributed by atoms with E-state index in [-0.39, 0.29) is 0 Å². The summed E-state index contributed by atoms with van der Waals surface area (Å²) >= 11 is 5.34. The zero-order chi connectivity index (χ0) is 6.04. The number of rotatable bonds is 1. The molecule has 0 bridgehead atoms. The summed E-state index contributed by atoms with van der Waals surface area (Å²) in [6, 6.07) is 0. The molecule has 1 saturated heterocycles. The van der Waals surface area contributed by atoms with Crippen LogP contribution < -0.4 is 0 Å². The summed E-state index contributed by atoms with van der Waals surface area (Å²) in [7, 11) is 0. The van der Waals surface area contributed by atoms with Crippen LogP contribution in [0, 0.1) is 0 Å². The number of alkyl halides is 1. The maximum absolute atomic E-state index is 9.95. The van der Waals surface area contributed by atoms with Crippen LogP contribution in [0.5, 0.6) is 0 Å². The van der Waals surface area contributed by atoms with E-state index in [4.69, 9.17) is 11.6 Å². The van der Waals surface area contributed by atoms with Gasteiger partial charge in [-0.25, -0.2) is 0 Å². The second kappa shape index (κ2) is 2.01. The van der Waals surface area contributed by atoms with Gasteiger partial charge in [-0.3, -0.25) is 4.79 Å². The molecule has 1 fully saturated rings. The average Bonchev–Trinajstić information content (AvgIpc) is 2.17. The van der Waals surface area contributed by atoms with Crippen LogP contribution in [-0.2, 0) is 14.3 Å². The highest BCUT2D eigenvalue weighted by Crippen LogP contribution is 2.20. The van der Waals surface area contributed by atoms with Crippen LogP contribution in [0.4, 0.5) is 0 Å². The molecule has 0 saturated carbocycles. The van der Waals surface area contributed by atoms with Crippen molar-refractivity contribution in [3.05, 3.63) is 0 Å². The summed E-state index contributed by atoms with van der Waals surface area (Å²) in [6.07, 6.45) is 0.432. The molecule has 3 nitrogen and oxygen atoms in total. The van der Waals surface area contributed by atoms with Gasteiger partial charge in [0.15, 0.2) is 6.29 Å². The van der Waals surface area contributed by atoms with Gasteiger partial charge in [0, 0.05) is 0 Å². The minimum absolute atomic E-state index is 0.391. The molecule has 0 radical (unpaired) electrons. The molecule has 46 valence electrons. The number of hydrogen-bond donors (Lipinski definition) is 0. The standard InChI is InChI=1S/C4H5ClO3/c5-4(3-6)7-1-2-8-4/h3H,1-2H2. The van der Waals surface area contributed by atoms with E-state index in [9.17, 15) is 4.79 Å². The second-order valence-corrected chi connectivity index (χ2v) is 1.92. The quantitative estimate of drug-likeness (QED) is 0.380. The van der Waals surface area contributed by atoms with E-state index < -0.39 is 5.25 Å². The zero-order valence-corrected chi connectivity index (χ0v) is 4.85. The van der Waals surface area contributed by atoms with E-state index in [1.807, 2.05) is 0 Å². The Labute approximate surface area is 51.5 Å². The van der Waals surface area contributed by atoms with Gasteiger partial charge in [-0.05, 0) is 11.6 Å². The van der Waals surface area contributed by atoms with Crippen molar-refractivity contribution in [3.63, 3.8) is 0 Å². The molecule has 0 spiro atoms. The summed E-state index contributed by atoms with van der Waals surface area (Å²) < 4.78 is 9.33. The Bertz CT molecular complexity index is 97.5. The maximum Gasteiger partial charge on any atom is 0.307 e. The van der Waals surface area contributed by atoms with Crippen molar-refractivity contribution in [2.45, 2.75) is 5.25 Å². The van der Waals surface area contributed by atoms with Gasteiger partial charge in [0.1, 0.15) is 0 Å². The second-order valence-electron chi connectivity index (χ2n) is 1.40. The Hall–Kier alpha value is -0.120. The molecule has 4 heteroatoms. The molecule has 1 heterocycles. The van der Waals surface area contributed by atoms with Gasteiger partial charge < -0.3 is 9.47 Å². The smallest absolute Gasteiger partial charge is 0.307 e. The van der Waals surface area contributed by atoms with E-state index >= 15 is 0 Å². The lowest BCUT2D eigenvalue weighted by atomic mass is 10.7. The molecule has 1 rings (SSSR count). The third kappa shape index (κ3) is 0.992. The summed E-state index contributed by atoms with van der Waals surface area (Å²) in [6.45, 7) is 0.782. The first-order valence-electron chi connectivity index (χ1n) is 2.20. The fourth-order valence-electron chi connectivity index (χ4n) is 0.471. The Morgan fingerprint density at radius 2 is 2.00 bits per heavy atom. The summed E-state index contributed by atoms with van der Waals surface area (Å²) in [5.74, 6) is 0. The average molecular weight is 137 g/mol. The first kappa shape index (κ1) is 6.01. The molecule has 0 unspecified atom stereocenters. The predicted molar refractivity (Wildman–Crippen MR) is 26.6 cm³/mol. The normalized spacial score (nSPS) is 25.6. The maximum atomic E-state index is 9.95. The lowest BCUT2D eigenvalue weighted by molar-refractivity contribution is -0.140. The van der Waals surface area contributed by atoms with E-state index in [1.165, 1.54) is 0 Å². The molecule has 1 aliphatic heterocycles. The Kier molecular flexibility index (Phi) is 1.51. The molecular formula is C4H5ClO3. The van der Waals surface area contributed by atoms with Crippen molar-refractivity contribution in [2.24, 2.45) is 0 Å². The molecule has 8 heavy (non-hydrogen) atoms. The van der Waals surface area contributed by atoms with Crippen LogP contribution in [0.25, 0.3) is 0 Å². The topological polar surface area (TPSA) is 35.5 Å². The monoisotopic (exact) mass is 136 g/mol. The lowest BCUT2D eigenvalue weighted by Crippen LogP contribution is -2.23. The van der Waals surface area contributed by atoms with Gasteiger partial charge in [-0.15, -0.1) is 0 Å². The van der Waals surface area contributed by atoms with Gasteiger partial charge in [0.05, 0.1) is 13.2 Å². The van der Waals surface area contributed by atoms with Crippen molar-refractivity contribution in [1.29, 1.82) is 0 Å². The molecule has 0 aromatic carbocycles. The number of hydrogen-bond acceptors (Lipinski definition) is 3. The molecule has 0 atom stereocenters. The Morgan fingerprint density at radius 3 is 2.25 bits per heavy atom. The number of halogens is 1. The first-order valence-corrected chi connectivity index (χ1v) is 2.58. The van der Waals surface area contributed by atoms with Gasteiger partial charge in [-0.1, -0.05) is 0 Å². The highest BCUT2D eigenvalue weighted by molar-refractivity contribution is 6.29. The Morgan fingerprint density at radius 1 is 1.50 bits per heavy atom. The Balaban J connectivity index is 2.52. The molecule has 0 aromatic heterocycles. The van der Waals surface area contributed by atoms with Crippen LogP contribution in [0.2, 0.25) is 0 Å². The molecule has 0 aliphatic carbocycles. The number of ether oxygens (including phenoxy) is 2. The van der Waals surface area contributed by atoms with Crippen LogP contribution in [-0.4, -0.2) is 24.7 Å². The largest absolute Gasteiger partial charge is 0.329 e. The first-order chi connectivity index (χ1) is 3.77. The van der Waals surface area contributed by atoms with Gasteiger partial charge in [0.2, 0.25) is 0 Å². The summed E-state index contributed by atoms with van der Waals surface area (Å²) in [5, 5.41) is -1.47. The van der Waals surface area contributed by atoms with Crippen molar-refractivity contribution in [1.82, 2.24) is 0 Å². The van der Waals surface area contributed by atoms with E-state index in [0.717, 1.165) is 0 Å². The van der Waals surface area contributed by atoms with Gasteiger partial charge in [-0.2, -0.15) is 0 Å². The van der Waals surface area contributed by atoms with E-state index in [1.54, 1.807) is 0 Å². The van der Waals surface area contributed by atoms with Crippen LogP contribution in [0.3, 0.4) is 0 Å². The lowest BCUT2D eigenvalue weighted by Gasteiger charge is -2.08. The van der Waals surface area contributed by atoms with E-state index in [0.29, 0.717) is 19.5 Å². The summed E-state index contributed by atoms with van der Waals surface area (Å²) in [5.41, 5.74) is 0. The van der Waals surface area contributed by atoms with Crippen molar-refractivity contribution in [2.75, 3.05) is 13.2 Å². The van der Waals surface area contributed by atoms with Crippen molar-refractivity contribution < 1.29 is 14.3 Å². The van der Waals surface area contributed by atoms with Crippen molar-refractivity contribution >= 4 is 17.9 Å². The number of carbonyl (C=O) groups excluding carboxylic acids is 1. The number of aldehydes is 1. The molecular weight excluding hydrogens is 131 g/mol.